The first-order valence-corrected chi connectivity index (χ1v) is 9.38. The third kappa shape index (κ3) is 6.38. The number of halogens is 1. The zero-order chi connectivity index (χ0) is 20.5. The van der Waals surface area contributed by atoms with Gasteiger partial charge in [-0.05, 0) is 36.2 Å². The number of nitrogens with one attached hydrogen (secondary N) is 2. The molecular weight excluding hydrogens is 495 g/mol. The second-order valence-corrected chi connectivity index (χ2v) is 6.30. The van der Waals surface area contributed by atoms with Crippen molar-refractivity contribution in [2.24, 2.45) is 4.99 Å². The van der Waals surface area contributed by atoms with Crippen LogP contribution in [0, 0.1) is 0 Å². The summed E-state index contributed by atoms with van der Waals surface area (Å²) >= 11 is 0. The van der Waals surface area contributed by atoms with Gasteiger partial charge in [0, 0.05) is 19.2 Å². The molecule has 0 aliphatic rings. The number of benzene rings is 2. The van der Waals surface area contributed by atoms with E-state index in [9.17, 15) is 0 Å². The first-order chi connectivity index (χ1) is 14.2. The van der Waals surface area contributed by atoms with Crippen LogP contribution in [0.4, 0.5) is 0 Å². The standard InChI is InChI=1S/C22H26N4O3.HI/c1-23-22(24-12-11-16-9-10-19(27-2)20(13-16)28-3)25-14-18-15-29-21(26-18)17-7-5-4-6-8-17;/h4-10,13,15H,11-12,14H2,1-3H3,(H2,23,24,25);1H. The number of methoxy groups -OCH3 is 2. The molecule has 0 bridgehead atoms. The number of nitrogens with zero attached hydrogens (tertiary/aromatic N) is 2. The number of guanidine groups is 1. The van der Waals surface area contributed by atoms with Gasteiger partial charge < -0.3 is 24.5 Å². The quantitative estimate of drug-likeness (QED) is 0.266. The van der Waals surface area contributed by atoms with Crippen molar-refractivity contribution in [1.82, 2.24) is 15.6 Å². The monoisotopic (exact) mass is 522 g/mol. The Labute approximate surface area is 193 Å². The highest BCUT2D eigenvalue weighted by Crippen LogP contribution is 2.27. The Bertz CT molecular complexity index is 945. The van der Waals surface area contributed by atoms with E-state index in [0.717, 1.165) is 41.3 Å². The number of ether oxygens (including phenoxy) is 2. The minimum absolute atomic E-state index is 0. The molecule has 0 atom stereocenters. The van der Waals surface area contributed by atoms with Crippen molar-refractivity contribution in [3.05, 3.63) is 66.1 Å². The van der Waals surface area contributed by atoms with Crippen LogP contribution in [0.25, 0.3) is 11.5 Å². The van der Waals surface area contributed by atoms with Crippen LogP contribution in [-0.2, 0) is 13.0 Å². The highest BCUT2D eigenvalue weighted by molar-refractivity contribution is 14.0. The molecule has 2 N–H and O–H groups in total. The summed E-state index contributed by atoms with van der Waals surface area (Å²) in [6.45, 7) is 1.25. The molecule has 1 heterocycles. The Balaban J connectivity index is 0.00000320. The topological polar surface area (TPSA) is 80.9 Å². The highest BCUT2D eigenvalue weighted by atomic mass is 127. The van der Waals surface area contributed by atoms with E-state index in [1.54, 1.807) is 27.5 Å². The summed E-state index contributed by atoms with van der Waals surface area (Å²) in [5.74, 6) is 2.77. The second kappa shape index (κ2) is 12.1. The predicted molar refractivity (Wildman–Crippen MR) is 129 cm³/mol. The number of oxazole rings is 1. The summed E-state index contributed by atoms with van der Waals surface area (Å²) in [5.41, 5.74) is 2.91. The summed E-state index contributed by atoms with van der Waals surface area (Å²) in [6.07, 6.45) is 2.48. The average Bonchev–Trinajstić information content (AvgIpc) is 3.25. The van der Waals surface area contributed by atoms with E-state index in [4.69, 9.17) is 13.9 Å². The fourth-order valence-corrected chi connectivity index (χ4v) is 2.86. The zero-order valence-corrected chi connectivity index (χ0v) is 19.7. The van der Waals surface area contributed by atoms with Gasteiger partial charge in [0.15, 0.2) is 17.5 Å². The van der Waals surface area contributed by atoms with Crippen LogP contribution in [-0.4, -0.2) is 38.8 Å². The van der Waals surface area contributed by atoms with Crippen LogP contribution in [0.1, 0.15) is 11.3 Å². The number of rotatable bonds is 8. The van der Waals surface area contributed by atoms with Gasteiger partial charge in [0.1, 0.15) is 6.26 Å². The molecule has 0 saturated heterocycles. The Kier molecular flexibility index (Phi) is 9.46. The number of hydrogen-bond acceptors (Lipinski definition) is 5. The minimum Gasteiger partial charge on any atom is -0.493 e. The van der Waals surface area contributed by atoms with Crippen LogP contribution < -0.4 is 20.1 Å². The summed E-state index contributed by atoms with van der Waals surface area (Å²) < 4.78 is 16.2. The van der Waals surface area contributed by atoms with Crippen molar-refractivity contribution in [2.75, 3.05) is 27.8 Å². The lowest BCUT2D eigenvalue weighted by molar-refractivity contribution is 0.354. The van der Waals surface area contributed by atoms with E-state index >= 15 is 0 Å². The van der Waals surface area contributed by atoms with Crippen LogP contribution >= 0.6 is 24.0 Å². The van der Waals surface area contributed by atoms with E-state index < -0.39 is 0 Å². The molecule has 0 saturated carbocycles. The van der Waals surface area contributed by atoms with Gasteiger partial charge in [-0.2, -0.15) is 0 Å². The largest absolute Gasteiger partial charge is 0.493 e. The summed E-state index contributed by atoms with van der Waals surface area (Å²) in [6, 6.07) is 15.7. The maximum Gasteiger partial charge on any atom is 0.226 e. The lowest BCUT2D eigenvalue weighted by atomic mass is 10.1. The molecule has 0 spiro atoms. The normalized spacial score (nSPS) is 10.8. The molecule has 7 nitrogen and oxygen atoms in total. The van der Waals surface area contributed by atoms with Crippen LogP contribution in [0.15, 0.2) is 64.2 Å². The van der Waals surface area contributed by atoms with E-state index in [0.29, 0.717) is 18.4 Å². The Hall–Kier alpha value is -2.75. The van der Waals surface area contributed by atoms with Crippen molar-refractivity contribution in [3.8, 4) is 23.0 Å². The third-order valence-corrected chi connectivity index (χ3v) is 4.39. The molecule has 0 amide bonds. The number of hydrogen-bond donors (Lipinski definition) is 2. The van der Waals surface area contributed by atoms with E-state index in [-0.39, 0.29) is 24.0 Å². The van der Waals surface area contributed by atoms with Crippen LogP contribution in [0.3, 0.4) is 0 Å². The predicted octanol–water partition coefficient (Wildman–Crippen LogP) is 3.88. The molecule has 30 heavy (non-hydrogen) atoms. The van der Waals surface area contributed by atoms with Crippen molar-refractivity contribution >= 4 is 29.9 Å². The molecule has 0 radical (unpaired) electrons. The molecule has 8 heteroatoms. The molecule has 2 aromatic carbocycles. The van der Waals surface area contributed by atoms with Crippen molar-refractivity contribution in [3.63, 3.8) is 0 Å². The van der Waals surface area contributed by atoms with Crippen molar-refractivity contribution < 1.29 is 13.9 Å². The average molecular weight is 522 g/mol. The molecule has 0 aliphatic carbocycles. The molecular formula is C22H27IN4O3. The second-order valence-electron chi connectivity index (χ2n) is 6.30. The molecule has 0 fully saturated rings. The zero-order valence-electron chi connectivity index (χ0n) is 17.3. The lowest BCUT2D eigenvalue weighted by Crippen LogP contribution is -2.37. The van der Waals surface area contributed by atoms with Crippen molar-refractivity contribution in [2.45, 2.75) is 13.0 Å². The first kappa shape index (κ1) is 23.5. The number of aromatic nitrogens is 1. The summed E-state index contributed by atoms with van der Waals surface area (Å²) in [5, 5.41) is 6.55. The van der Waals surface area contributed by atoms with Crippen molar-refractivity contribution in [1.29, 1.82) is 0 Å². The molecule has 0 aliphatic heterocycles. The maximum absolute atomic E-state index is 5.56. The number of aliphatic imine (C=N–C) groups is 1. The molecule has 3 rings (SSSR count). The summed E-state index contributed by atoms with van der Waals surface area (Å²) in [4.78, 5) is 8.76. The van der Waals surface area contributed by atoms with Gasteiger partial charge in [-0.3, -0.25) is 4.99 Å². The van der Waals surface area contributed by atoms with Gasteiger partial charge in [0.2, 0.25) is 5.89 Å². The van der Waals surface area contributed by atoms with Crippen LogP contribution in [0.2, 0.25) is 0 Å². The Morgan fingerprint density at radius 1 is 1.03 bits per heavy atom. The van der Waals surface area contributed by atoms with Gasteiger partial charge in [0.25, 0.3) is 0 Å². The molecule has 3 aromatic rings. The van der Waals surface area contributed by atoms with E-state index in [2.05, 4.69) is 20.6 Å². The van der Waals surface area contributed by atoms with Gasteiger partial charge in [-0.25, -0.2) is 4.98 Å². The van der Waals surface area contributed by atoms with Gasteiger partial charge in [0.05, 0.1) is 26.5 Å². The van der Waals surface area contributed by atoms with Gasteiger partial charge in [-0.1, -0.05) is 24.3 Å². The van der Waals surface area contributed by atoms with E-state index in [1.165, 1.54) is 0 Å². The SMILES string of the molecule is CN=C(NCCc1ccc(OC)c(OC)c1)NCc1coc(-c2ccccc2)n1.I. The third-order valence-electron chi connectivity index (χ3n) is 4.39. The Morgan fingerprint density at radius 2 is 1.80 bits per heavy atom. The highest BCUT2D eigenvalue weighted by Gasteiger charge is 2.08. The fourth-order valence-electron chi connectivity index (χ4n) is 2.86. The minimum atomic E-state index is 0. The fraction of sp³-hybridized carbons (Fsp3) is 0.273. The smallest absolute Gasteiger partial charge is 0.226 e. The van der Waals surface area contributed by atoms with E-state index in [1.807, 2.05) is 48.5 Å². The van der Waals surface area contributed by atoms with Crippen LogP contribution in [0.5, 0.6) is 11.5 Å². The summed E-state index contributed by atoms with van der Waals surface area (Å²) in [7, 11) is 5.01. The van der Waals surface area contributed by atoms with Gasteiger partial charge in [-0.15, -0.1) is 24.0 Å². The lowest BCUT2D eigenvalue weighted by Gasteiger charge is -2.12. The first-order valence-electron chi connectivity index (χ1n) is 9.38. The maximum atomic E-state index is 5.56. The van der Waals surface area contributed by atoms with Gasteiger partial charge >= 0.3 is 0 Å². The molecule has 160 valence electrons. The molecule has 0 unspecified atom stereocenters. The Morgan fingerprint density at radius 3 is 2.50 bits per heavy atom. The molecule has 1 aromatic heterocycles.